The zero-order chi connectivity index (χ0) is 17.4. The molecule has 1 aromatic carbocycles. The summed E-state index contributed by atoms with van der Waals surface area (Å²) in [4.78, 5) is 6.65. The van der Waals surface area contributed by atoms with Crippen molar-refractivity contribution in [2.24, 2.45) is 4.99 Å². The molecule has 0 spiro atoms. The van der Waals surface area contributed by atoms with Crippen LogP contribution in [-0.2, 0) is 4.74 Å². The van der Waals surface area contributed by atoms with Crippen LogP contribution >= 0.6 is 11.8 Å². The lowest BCUT2D eigenvalue weighted by atomic mass is 10.1. The van der Waals surface area contributed by atoms with Crippen LogP contribution in [0.4, 0.5) is 4.39 Å². The summed E-state index contributed by atoms with van der Waals surface area (Å²) in [5.41, 5.74) is 1.00. The van der Waals surface area contributed by atoms with Gasteiger partial charge in [0.2, 0.25) is 0 Å². The zero-order valence-corrected chi connectivity index (χ0v) is 15.6. The molecule has 0 radical (unpaired) electrons. The van der Waals surface area contributed by atoms with Gasteiger partial charge in [-0.1, -0.05) is 12.1 Å². The van der Waals surface area contributed by atoms with Crippen LogP contribution in [0.5, 0.6) is 0 Å². The maximum Gasteiger partial charge on any atom is 0.193 e. The first kappa shape index (κ1) is 19.1. The second-order valence-corrected chi connectivity index (χ2v) is 7.05. The summed E-state index contributed by atoms with van der Waals surface area (Å²) in [6.45, 7) is 4.53. The molecule has 1 saturated heterocycles. The highest BCUT2D eigenvalue weighted by Crippen LogP contribution is 2.25. The third kappa shape index (κ3) is 5.67. The van der Waals surface area contributed by atoms with Gasteiger partial charge in [-0.15, -0.1) is 0 Å². The maximum absolute atomic E-state index is 13.1. The van der Waals surface area contributed by atoms with Gasteiger partial charge in [0.05, 0.1) is 12.6 Å². The molecule has 0 amide bonds. The third-order valence-corrected chi connectivity index (χ3v) is 4.77. The van der Waals surface area contributed by atoms with Gasteiger partial charge in [0.25, 0.3) is 0 Å². The summed E-state index contributed by atoms with van der Waals surface area (Å²) >= 11 is 1.88. The number of aliphatic imine (C=N–C) groups is 1. The van der Waals surface area contributed by atoms with Crippen LogP contribution in [0.3, 0.4) is 0 Å². The Morgan fingerprint density at radius 1 is 1.33 bits per heavy atom. The summed E-state index contributed by atoms with van der Waals surface area (Å²) < 4.78 is 19.2. The number of guanidine groups is 1. The van der Waals surface area contributed by atoms with Crippen LogP contribution in [0.15, 0.2) is 29.3 Å². The summed E-state index contributed by atoms with van der Waals surface area (Å²) in [6, 6.07) is 6.58. The van der Waals surface area contributed by atoms with Crippen molar-refractivity contribution >= 4 is 17.7 Å². The normalized spacial score (nSPS) is 21.8. The molecular formula is C18H28FN3OS. The largest absolute Gasteiger partial charge is 0.367 e. The molecule has 0 aliphatic carbocycles. The fourth-order valence-electron chi connectivity index (χ4n) is 2.89. The highest BCUT2D eigenvalue weighted by molar-refractivity contribution is 7.98. The molecule has 1 N–H and O–H groups in total. The number of hydrogen-bond acceptors (Lipinski definition) is 3. The number of rotatable bonds is 6. The van der Waals surface area contributed by atoms with Crippen LogP contribution in [0.1, 0.15) is 31.4 Å². The van der Waals surface area contributed by atoms with Crippen molar-refractivity contribution in [3.63, 3.8) is 0 Å². The van der Waals surface area contributed by atoms with E-state index in [0.717, 1.165) is 37.6 Å². The van der Waals surface area contributed by atoms with E-state index in [4.69, 9.17) is 4.74 Å². The molecule has 1 fully saturated rings. The number of morpholine rings is 1. The van der Waals surface area contributed by atoms with Gasteiger partial charge < -0.3 is 15.0 Å². The first-order valence-corrected chi connectivity index (χ1v) is 9.89. The fourth-order valence-corrected chi connectivity index (χ4v) is 3.38. The molecule has 0 bridgehead atoms. The van der Waals surface area contributed by atoms with Crippen molar-refractivity contribution in [1.29, 1.82) is 0 Å². The number of nitrogens with one attached hydrogen (secondary N) is 1. The number of thioether (sulfide) groups is 1. The molecule has 1 aliphatic rings. The van der Waals surface area contributed by atoms with Crippen molar-refractivity contribution in [2.45, 2.75) is 32.0 Å². The van der Waals surface area contributed by atoms with Gasteiger partial charge in [0.15, 0.2) is 5.96 Å². The first-order chi connectivity index (χ1) is 11.6. The number of benzene rings is 1. The SMILES string of the molecule is CN=C(NCCCCSC)N1CC(C)OC(c2ccc(F)cc2)C1. The smallest absolute Gasteiger partial charge is 0.193 e. The lowest BCUT2D eigenvalue weighted by Crippen LogP contribution is -2.50. The Hall–Kier alpha value is -1.27. The Morgan fingerprint density at radius 3 is 2.75 bits per heavy atom. The van der Waals surface area contributed by atoms with Gasteiger partial charge >= 0.3 is 0 Å². The van der Waals surface area contributed by atoms with E-state index in [1.165, 1.54) is 24.3 Å². The van der Waals surface area contributed by atoms with Gasteiger partial charge in [-0.3, -0.25) is 4.99 Å². The molecule has 24 heavy (non-hydrogen) atoms. The molecule has 1 heterocycles. The number of unbranched alkanes of at least 4 members (excludes halogenated alkanes) is 1. The molecule has 2 rings (SSSR count). The Bertz CT molecular complexity index is 524. The van der Waals surface area contributed by atoms with Crippen LogP contribution in [0.25, 0.3) is 0 Å². The molecule has 0 aromatic heterocycles. The van der Waals surface area contributed by atoms with Crippen molar-refractivity contribution in [3.05, 3.63) is 35.6 Å². The van der Waals surface area contributed by atoms with Gasteiger partial charge in [-0.2, -0.15) is 11.8 Å². The van der Waals surface area contributed by atoms with E-state index >= 15 is 0 Å². The minimum atomic E-state index is -0.220. The molecule has 1 aromatic rings. The number of hydrogen-bond donors (Lipinski definition) is 1. The lowest BCUT2D eigenvalue weighted by Gasteiger charge is -2.38. The summed E-state index contributed by atoms with van der Waals surface area (Å²) in [5, 5.41) is 3.45. The second-order valence-electron chi connectivity index (χ2n) is 6.07. The second kappa shape index (κ2) is 9.89. The van der Waals surface area contributed by atoms with E-state index < -0.39 is 0 Å². The Balaban J connectivity index is 1.94. The molecule has 4 nitrogen and oxygen atoms in total. The molecule has 134 valence electrons. The number of halogens is 1. The Labute approximate surface area is 148 Å². The molecule has 2 unspecified atom stereocenters. The Morgan fingerprint density at radius 2 is 2.08 bits per heavy atom. The molecule has 2 atom stereocenters. The summed E-state index contributed by atoms with van der Waals surface area (Å²) in [7, 11) is 1.82. The predicted molar refractivity (Wildman–Crippen MR) is 100 cm³/mol. The van der Waals surface area contributed by atoms with Gasteiger partial charge in [-0.25, -0.2) is 4.39 Å². The average molecular weight is 354 g/mol. The molecular weight excluding hydrogens is 325 g/mol. The van der Waals surface area contributed by atoms with Crippen LogP contribution in [0, 0.1) is 5.82 Å². The van der Waals surface area contributed by atoms with Gasteiger partial charge in [0.1, 0.15) is 11.9 Å². The monoisotopic (exact) mass is 353 g/mol. The summed E-state index contributed by atoms with van der Waals surface area (Å²) in [5.74, 6) is 1.89. The number of nitrogens with zero attached hydrogens (tertiary/aromatic N) is 2. The zero-order valence-electron chi connectivity index (χ0n) is 14.8. The summed E-state index contributed by atoms with van der Waals surface area (Å²) in [6.07, 6.45) is 4.52. The van der Waals surface area contributed by atoms with E-state index in [1.807, 2.05) is 18.8 Å². The maximum atomic E-state index is 13.1. The first-order valence-electron chi connectivity index (χ1n) is 8.49. The van der Waals surface area contributed by atoms with Crippen molar-refractivity contribution in [1.82, 2.24) is 10.2 Å². The van der Waals surface area contributed by atoms with Crippen LogP contribution in [-0.4, -0.2) is 55.7 Å². The standard InChI is InChI=1S/C18H28FN3OS/c1-14-12-22(18(20-2)21-10-4-5-11-24-3)13-17(23-14)15-6-8-16(19)9-7-15/h6-9,14,17H,4-5,10-13H2,1-3H3,(H,20,21). The van der Waals surface area contributed by atoms with Crippen molar-refractivity contribution in [2.75, 3.05) is 38.7 Å². The van der Waals surface area contributed by atoms with Crippen molar-refractivity contribution < 1.29 is 9.13 Å². The van der Waals surface area contributed by atoms with E-state index in [-0.39, 0.29) is 18.0 Å². The quantitative estimate of drug-likeness (QED) is 0.484. The van der Waals surface area contributed by atoms with E-state index in [2.05, 4.69) is 28.4 Å². The molecule has 6 heteroatoms. The third-order valence-electron chi connectivity index (χ3n) is 4.07. The highest BCUT2D eigenvalue weighted by Gasteiger charge is 2.28. The van der Waals surface area contributed by atoms with E-state index in [9.17, 15) is 4.39 Å². The number of ether oxygens (including phenoxy) is 1. The van der Waals surface area contributed by atoms with Crippen LogP contribution in [0.2, 0.25) is 0 Å². The van der Waals surface area contributed by atoms with Gasteiger partial charge in [-0.05, 0) is 49.5 Å². The highest BCUT2D eigenvalue weighted by atomic mass is 32.2. The molecule has 1 aliphatic heterocycles. The van der Waals surface area contributed by atoms with Gasteiger partial charge in [0, 0.05) is 20.1 Å². The topological polar surface area (TPSA) is 36.9 Å². The Kier molecular flexibility index (Phi) is 7.85. The van der Waals surface area contributed by atoms with Crippen molar-refractivity contribution in [3.8, 4) is 0 Å². The fraction of sp³-hybridized carbons (Fsp3) is 0.611. The average Bonchev–Trinajstić information content (AvgIpc) is 2.58. The minimum Gasteiger partial charge on any atom is -0.367 e. The van der Waals surface area contributed by atoms with Crippen LogP contribution < -0.4 is 5.32 Å². The minimum absolute atomic E-state index is 0.0654. The predicted octanol–water partition coefficient (Wildman–Crippen LogP) is 3.31. The molecule has 0 saturated carbocycles. The van der Waals surface area contributed by atoms with E-state index in [1.54, 1.807) is 12.1 Å². The lowest BCUT2D eigenvalue weighted by molar-refractivity contribution is -0.0605. The van der Waals surface area contributed by atoms with E-state index in [0.29, 0.717) is 0 Å².